The molecule has 0 saturated heterocycles. The minimum atomic E-state index is -0.00582. The van der Waals surface area contributed by atoms with E-state index >= 15 is 0 Å². The zero-order chi connectivity index (χ0) is 16.3. The first kappa shape index (κ1) is 20.3. The number of nitrogens with two attached hydrogens (primary N) is 1. The van der Waals surface area contributed by atoms with Gasteiger partial charge in [-0.2, -0.15) is 0 Å². The maximum Gasteiger partial charge on any atom is 0.226 e. The van der Waals surface area contributed by atoms with E-state index < -0.39 is 0 Å². The van der Waals surface area contributed by atoms with Crippen LogP contribution in [-0.4, -0.2) is 81.5 Å². The van der Waals surface area contributed by atoms with E-state index in [-0.39, 0.29) is 11.8 Å². The molecule has 0 fully saturated rings. The summed E-state index contributed by atoms with van der Waals surface area (Å²) in [5.41, 5.74) is 5.79. The molecule has 0 aliphatic rings. The highest BCUT2D eigenvalue weighted by molar-refractivity contribution is 5.79. The summed E-state index contributed by atoms with van der Waals surface area (Å²) in [6.07, 6.45) is 3.94. The molecule has 126 valence electrons. The number of rotatable bonds is 12. The SMILES string of the molecule is CCCC(CN)C(=O)N(CCCN(C)C)CCCN(C)C. The molecule has 5 heteroatoms. The molecule has 0 saturated carbocycles. The van der Waals surface area contributed by atoms with Crippen LogP contribution in [-0.2, 0) is 4.79 Å². The summed E-state index contributed by atoms with van der Waals surface area (Å²) in [7, 11) is 8.27. The van der Waals surface area contributed by atoms with E-state index in [2.05, 4.69) is 44.9 Å². The van der Waals surface area contributed by atoms with Crippen LogP contribution in [0.2, 0.25) is 0 Å². The molecule has 1 amide bonds. The molecule has 1 unspecified atom stereocenters. The van der Waals surface area contributed by atoms with Gasteiger partial charge in [0.2, 0.25) is 5.91 Å². The first-order valence-electron chi connectivity index (χ1n) is 8.20. The second kappa shape index (κ2) is 12.0. The van der Waals surface area contributed by atoms with Gasteiger partial charge in [-0.15, -0.1) is 0 Å². The molecule has 0 aromatic rings. The van der Waals surface area contributed by atoms with Gasteiger partial charge in [0.1, 0.15) is 0 Å². The summed E-state index contributed by atoms with van der Waals surface area (Å²) >= 11 is 0. The van der Waals surface area contributed by atoms with E-state index in [0.29, 0.717) is 6.54 Å². The first-order chi connectivity index (χ1) is 9.92. The maximum absolute atomic E-state index is 12.6. The van der Waals surface area contributed by atoms with Gasteiger partial charge in [-0.05, 0) is 60.5 Å². The van der Waals surface area contributed by atoms with Crippen LogP contribution in [0.3, 0.4) is 0 Å². The summed E-state index contributed by atoms with van der Waals surface area (Å²) < 4.78 is 0. The van der Waals surface area contributed by atoms with Crippen molar-refractivity contribution < 1.29 is 4.79 Å². The molecular formula is C16H36N4O. The topological polar surface area (TPSA) is 52.8 Å². The van der Waals surface area contributed by atoms with Crippen LogP contribution in [0.25, 0.3) is 0 Å². The van der Waals surface area contributed by atoms with Crippen molar-refractivity contribution in [2.75, 3.05) is 60.9 Å². The molecular weight excluding hydrogens is 264 g/mol. The van der Waals surface area contributed by atoms with Crippen molar-refractivity contribution in [1.82, 2.24) is 14.7 Å². The van der Waals surface area contributed by atoms with Crippen LogP contribution < -0.4 is 5.73 Å². The number of nitrogens with zero attached hydrogens (tertiary/aromatic N) is 3. The molecule has 21 heavy (non-hydrogen) atoms. The largest absolute Gasteiger partial charge is 0.342 e. The van der Waals surface area contributed by atoms with Crippen molar-refractivity contribution in [3.05, 3.63) is 0 Å². The predicted molar refractivity (Wildman–Crippen MR) is 90.4 cm³/mol. The van der Waals surface area contributed by atoms with Crippen LogP contribution in [0, 0.1) is 5.92 Å². The highest BCUT2D eigenvalue weighted by Gasteiger charge is 2.22. The summed E-state index contributed by atoms with van der Waals surface area (Å²) in [5, 5.41) is 0. The standard InChI is InChI=1S/C16H36N4O/c1-6-9-15(14-17)16(21)20(12-7-10-18(2)3)13-8-11-19(4)5/h15H,6-14,17H2,1-5H3. The van der Waals surface area contributed by atoms with Crippen molar-refractivity contribution in [3.63, 3.8) is 0 Å². The third kappa shape index (κ3) is 9.82. The van der Waals surface area contributed by atoms with E-state index in [4.69, 9.17) is 5.73 Å². The van der Waals surface area contributed by atoms with Crippen molar-refractivity contribution in [3.8, 4) is 0 Å². The summed E-state index contributed by atoms with van der Waals surface area (Å²) in [5.74, 6) is 0.241. The molecule has 0 aliphatic heterocycles. The minimum absolute atomic E-state index is 0.00582. The van der Waals surface area contributed by atoms with E-state index in [1.807, 2.05) is 4.90 Å². The van der Waals surface area contributed by atoms with E-state index in [1.165, 1.54) is 0 Å². The van der Waals surface area contributed by atoms with Gasteiger partial charge < -0.3 is 20.4 Å². The van der Waals surface area contributed by atoms with Crippen LogP contribution >= 0.6 is 0 Å². The van der Waals surface area contributed by atoms with Gasteiger partial charge in [-0.1, -0.05) is 13.3 Å². The predicted octanol–water partition coefficient (Wildman–Crippen LogP) is 1.09. The second-order valence-corrected chi connectivity index (χ2v) is 6.36. The average molecular weight is 300 g/mol. The molecule has 0 radical (unpaired) electrons. The molecule has 0 aliphatic carbocycles. The quantitative estimate of drug-likeness (QED) is 0.586. The van der Waals surface area contributed by atoms with Crippen LogP contribution in [0.1, 0.15) is 32.6 Å². The Balaban J connectivity index is 4.48. The molecule has 1 atom stereocenters. The van der Waals surface area contributed by atoms with Gasteiger partial charge in [0.05, 0.1) is 5.92 Å². The van der Waals surface area contributed by atoms with E-state index in [9.17, 15) is 4.79 Å². The Morgan fingerprint density at radius 3 is 1.76 bits per heavy atom. The minimum Gasteiger partial charge on any atom is -0.342 e. The van der Waals surface area contributed by atoms with Gasteiger partial charge in [-0.25, -0.2) is 0 Å². The molecule has 0 heterocycles. The molecule has 5 nitrogen and oxygen atoms in total. The van der Waals surface area contributed by atoms with Gasteiger partial charge in [0, 0.05) is 19.6 Å². The third-order valence-electron chi connectivity index (χ3n) is 3.65. The molecule has 0 bridgehead atoms. The molecule has 0 rings (SSSR count). The zero-order valence-electron chi connectivity index (χ0n) is 14.8. The monoisotopic (exact) mass is 300 g/mol. The van der Waals surface area contributed by atoms with Gasteiger partial charge >= 0.3 is 0 Å². The first-order valence-corrected chi connectivity index (χ1v) is 8.20. The number of carbonyl (C=O) groups excluding carboxylic acids is 1. The van der Waals surface area contributed by atoms with Gasteiger partial charge in [-0.3, -0.25) is 4.79 Å². The fraction of sp³-hybridized carbons (Fsp3) is 0.938. The Kier molecular flexibility index (Phi) is 11.6. The van der Waals surface area contributed by atoms with Crippen LogP contribution in [0.15, 0.2) is 0 Å². The smallest absolute Gasteiger partial charge is 0.226 e. The summed E-state index contributed by atoms with van der Waals surface area (Å²) in [6, 6.07) is 0. The Morgan fingerprint density at radius 1 is 0.952 bits per heavy atom. The molecule has 2 N–H and O–H groups in total. The maximum atomic E-state index is 12.6. The number of amides is 1. The van der Waals surface area contributed by atoms with Crippen molar-refractivity contribution in [2.24, 2.45) is 11.7 Å². The van der Waals surface area contributed by atoms with Gasteiger partial charge in [0.15, 0.2) is 0 Å². The van der Waals surface area contributed by atoms with Crippen LogP contribution in [0.5, 0.6) is 0 Å². The average Bonchev–Trinajstić information content (AvgIpc) is 2.41. The normalized spacial score (nSPS) is 13.0. The molecule has 0 spiro atoms. The van der Waals surface area contributed by atoms with Crippen molar-refractivity contribution in [1.29, 1.82) is 0 Å². The fourth-order valence-corrected chi connectivity index (χ4v) is 2.44. The van der Waals surface area contributed by atoms with Crippen molar-refractivity contribution in [2.45, 2.75) is 32.6 Å². The lowest BCUT2D eigenvalue weighted by molar-refractivity contribution is -0.135. The Hall–Kier alpha value is -0.650. The zero-order valence-corrected chi connectivity index (χ0v) is 14.8. The Labute approximate surface area is 131 Å². The fourth-order valence-electron chi connectivity index (χ4n) is 2.44. The Morgan fingerprint density at radius 2 is 1.43 bits per heavy atom. The third-order valence-corrected chi connectivity index (χ3v) is 3.65. The highest BCUT2D eigenvalue weighted by atomic mass is 16.2. The molecule has 0 aromatic carbocycles. The van der Waals surface area contributed by atoms with Crippen LogP contribution in [0.4, 0.5) is 0 Å². The lowest BCUT2D eigenvalue weighted by Crippen LogP contribution is -2.41. The lowest BCUT2D eigenvalue weighted by atomic mass is 10.0. The summed E-state index contributed by atoms with van der Waals surface area (Å²) in [6.45, 7) is 6.27. The number of carbonyl (C=O) groups is 1. The number of hydrogen-bond donors (Lipinski definition) is 1. The van der Waals surface area contributed by atoms with E-state index in [0.717, 1.165) is 51.9 Å². The molecule has 0 aromatic heterocycles. The highest BCUT2D eigenvalue weighted by Crippen LogP contribution is 2.10. The lowest BCUT2D eigenvalue weighted by Gasteiger charge is -2.28. The van der Waals surface area contributed by atoms with Crippen molar-refractivity contribution >= 4 is 5.91 Å². The van der Waals surface area contributed by atoms with E-state index in [1.54, 1.807) is 0 Å². The Bertz CT molecular complexity index is 255. The number of hydrogen-bond acceptors (Lipinski definition) is 4. The van der Waals surface area contributed by atoms with Gasteiger partial charge in [0.25, 0.3) is 0 Å². The summed E-state index contributed by atoms with van der Waals surface area (Å²) in [4.78, 5) is 19.0. The second-order valence-electron chi connectivity index (χ2n) is 6.36.